The third-order valence-corrected chi connectivity index (χ3v) is 6.89. The third-order valence-electron chi connectivity index (χ3n) is 4.97. The van der Waals surface area contributed by atoms with Crippen molar-refractivity contribution in [3.05, 3.63) is 54.1 Å². The molecular weight excluding hydrogens is 394 g/mol. The number of nitrogens with two attached hydrogens (primary N) is 1. The largest absolute Gasteiger partial charge is 0.497 e. The van der Waals surface area contributed by atoms with Crippen molar-refractivity contribution in [2.24, 2.45) is 11.7 Å². The van der Waals surface area contributed by atoms with Crippen LogP contribution >= 0.6 is 0 Å². The van der Waals surface area contributed by atoms with Gasteiger partial charge in [-0.25, -0.2) is 8.42 Å². The van der Waals surface area contributed by atoms with Gasteiger partial charge in [0.2, 0.25) is 15.9 Å². The second kappa shape index (κ2) is 8.62. The van der Waals surface area contributed by atoms with Crippen LogP contribution in [0, 0.1) is 5.92 Å². The Hall–Kier alpha value is -2.91. The highest BCUT2D eigenvalue weighted by atomic mass is 32.2. The van der Waals surface area contributed by atoms with Crippen LogP contribution in [0.25, 0.3) is 0 Å². The molecule has 0 aromatic heterocycles. The van der Waals surface area contributed by atoms with Crippen LogP contribution in [0.2, 0.25) is 0 Å². The molecule has 9 heteroatoms. The lowest BCUT2D eigenvalue weighted by Crippen LogP contribution is -2.41. The van der Waals surface area contributed by atoms with Crippen LogP contribution in [0.3, 0.4) is 0 Å². The van der Waals surface area contributed by atoms with E-state index in [2.05, 4.69) is 5.32 Å². The Balaban J connectivity index is 1.64. The number of carbonyl (C=O) groups is 2. The molecule has 0 spiro atoms. The van der Waals surface area contributed by atoms with Gasteiger partial charge in [-0.1, -0.05) is 12.1 Å². The van der Waals surface area contributed by atoms with Crippen LogP contribution in [0.1, 0.15) is 23.2 Å². The summed E-state index contributed by atoms with van der Waals surface area (Å²) < 4.78 is 32.1. The zero-order chi connectivity index (χ0) is 21.0. The molecule has 2 aromatic rings. The first kappa shape index (κ1) is 20.8. The van der Waals surface area contributed by atoms with Crippen LogP contribution < -0.4 is 15.8 Å². The number of sulfonamides is 1. The summed E-state index contributed by atoms with van der Waals surface area (Å²) in [6, 6.07) is 12.7. The van der Waals surface area contributed by atoms with Crippen molar-refractivity contribution in [1.82, 2.24) is 4.31 Å². The smallest absolute Gasteiger partial charge is 0.250 e. The van der Waals surface area contributed by atoms with E-state index < -0.39 is 15.9 Å². The Bertz CT molecular complexity index is 997. The fourth-order valence-corrected chi connectivity index (χ4v) is 4.77. The van der Waals surface area contributed by atoms with Gasteiger partial charge in [-0.3, -0.25) is 9.59 Å². The Morgan fingerprint density at radius 1 is 1.07 bits per heavy atom. The Labute approximate surface area is 169 Å². The zero-order valence-electron chi connectivity index (χ0n) is 16.0. The molecule has 154 valence electrons. The predicted molar refractivity (Wildman–Crippen MR) is 108 cm³/mol. The van der Waals surface area contributed by atoms with E-state index in [0.29, 0.717) is 24.3 Å². The average molecular weight is 417 g/mol. The molecule has 3 N–H and O–H groups in total. The number of rotatable bonds is 6. The number of primary amides is 1. The number of anilines is 1. The van der Waals surface area contributed by atoms with E-state index in [-0.39, 0.29) is 35.4 Å². The summed E-state index contributed by atoms with van der Waals surface area (Å²) in [4.78, 5) is 24.3. The van der Waals surface area contributed by atoms with E-state index >= 15 is 0 Å². The molecule has 1 fully saturated rings. The first-order valence-electron chi connectivity index (χ1n) is 9.17. The summed E-state index contributed by atoms with van der Waals surface area (Å²) in [7, 11) is -2.11. The van der Waals surface area contributed by atoms with Crippen LogP contribution in [-0.4, -0.2) is 44.7 Å². The topological polar surface area (TPSA) is 119 Å². The van der Waals surface area contributed by atoms with Crippen molar-refractivity contribution in [2.45, 2.75) is 17.7 Å². The van der Waals surface area contributed by atoms with Gasteiger partial charge < -0.3 is 15.8 Å². The number of nitrogens with zero attached hydrogens (tertiary/aromatic N) is 1. The maximum atomic E-state index is 12.8. The fourth-order valence-electron chi connectivity index (χ4n) is 3.30. The van der Waals surface area contributed by atoms with E-state index in [1.54, 1.807) is 36.4 Å². The minimum atomic E-state index is -3.63. The number of hydrogen-bond acceptors (Lipinski definition) is 5. The molecule has 0 saturated carbocycles. The van der Waals surface area contributed by atoms with Gasteiger partial charge in [0.15, 0.2) is 0 Å². The second-order valence-electron chi connectivity index (χ2n) is 6.75. The van der Waals surface area contributed by atoms with Gasteiger partial charge in [-0.2, -0.15) is 4.31 Å². The summed E-state index contributed by atoms with van der Waals surface area (Å²) in [6.45, 7) is 0.480. The number of nitrogens with one attached hydrogen (secondary N) is 1. The van der Waals surface area contributed by atoms with Gasteiger partial charge in [-0.15, -0.1) is 0 Å². The van der Waals surface area contributed by atoms with Gasteiger partial charge in [-0.05, 0) is 49.2 Å². The maximum absolute atomic E-state index is 12.8. The number of benzene rings is 2. The number of ether oxygens (including phenoxy) is 1. The Morgan fingerprint density at radius 3 is 2.28 bits per heavy atom. The van der Waals surface area contributed by atoms with Crippen LogP contribution in [0.15, 0.2) is 53.4 Å². The summed E-state index contributed by atoms with van der Waals surface area (Å²) in [5, 5.41) is 2.74. The normalized spacial score (nSPS) is 15.6. The summed E-state index contributed by atoms with van der Waals surface area (Å²) in [5.41, 5.74) is 5.93. The van der Waals surface area contributed by atoms with Crippen LogP contribution in [0.4, 0.5) is 5.69 Å². The first-order chi connectivity index (χ1) is 13.8. The van der Waals surface area contributed by atoms with Crippen molar-refractivity contribution < 1.29 is 22.7 Å². The summed E-state index contributed by atoms with van der Waals surface area (Å²) in [6.07, 6.45) is 0.778. The average Bonchev–Trinajstić information content (AvgIpc) is 2.74. The third kappa shape index (κ3) is 4.57. The number of para-hydroxylation sites is 1. The van der Waals surface area contributed by atoms with Gasteiger partial charge >= 0.3 is 0 Å². The molecule has 0 radical (unpaired) electrons. The van der Waals surface area contributed by atoms with Gasteiger partial charge in [0.05, 0.1) is 23.3 Å². The minimum Gasteiger partial charge on any atom is -0.497 e. The van der Waals surface area contributed by atoms with Gasteiger partial charge in [0.25, 0.3) is 5.91 Å². The molecule has 2 aromatic carbocycles. The molecule has 1 heterocycles. The number of carbonyl (C=O) groups excluding carboxylic acids is 2. The van der Waals surface area contributed by atoms with Gasteiger partial charge in [0.1, 0.15) is 5.75 Å². The molecule has 0 aliphatic carbocycles. The Morgan fingerprint density at radius 2 is 1.69 bits per heavy atom. The second-order valence-corrected chi connectivity index (χ2v) is 8.69. The molecule has 3 rings (SSSR count). The highest BCUT2D eigenvalue weighted by molar-refractivity contribution is 7.89. The fraction of sp³-hybridized carbons (Fsp3) is 0.300. The standard InChI is InChI=1S/C20H23N3O5S/c1-28-15-6-8-16(9-7-15)29(26,27)23-12-10-14(11-13-23)20(25)22-18-5-3-2-4-17(18)19(21)24/h2-9,14H,10-13H2,1H3,(H2,21,24)(H,22,25). The molecule has 8 nitrogen and oxygen atoms in total. The molecule has 0 unspecified atom stereocenters. The molecule has 1 aliphatic rings. The van der Waals surface area contributed by atoms with E-state index in [4.69, 9.17) is 10.5 Å². The number of methoxy groups -OCH3 is 1. The van der Waals surface area contributed by atoms with E-state index in [1.165, 1.54) is 23.5 Å². The van der Waals surface area contributed by atoms with Crippen molar-refractivity contribution in [3.63, 3.8) is 0 Å². The van der Waals surface area contributed by atoms with E-state index in [9.17, 15) is 18.0 Å². The molecule has 1 saturated heterocycles. The van der Waals surface area contributed by atoms with E-state index in [0.717, 1.165) is 0 Å². The highest BCUT2D eigenvalue weighted by Gasteiger charge is 2.32. The molecule has 0 bridgehead atoms. The van der Waals surface area contributed by atoms with Crippen molar-refractivity contribution in [2.75, 3.05) is 25.5 Å². The number of hydrogen-bond donors (Lipinski definition) is 2. The molecule has 1 aliphatic heterocycles. The van der Waals surface area contributed by atoms with Crippen molar-refractivity contribution >= 4 is 27.5 Å². The SMILES string of the molecule is COc1ccc(S(=O)(=O)N2CCC(C(=O)Nc3ccccc3C(N)=O)CC2)cc1. The maximum Gasteiger partial charge on any atom is 0.250 e. The molecule has 2 amide bonds. The molecule has 29 heavy (non-hydrogen) atoms. The van der Waals surface area contributed by atoms with Crippen molar-refractivity contribution in [1.29, 1.82) is 0 Å². The number of piperidine rings is 1. The molecule has 0 atom stereocenters. The minimum absolute atomic E-state index is 0.191. The highest BCUT2D eigenvalue weighted by Crippen LogP contribution is 2.26. The Kier molecular flexibility index (Phi) is 6.19. The lowest BCUT2D eigenvalue weighted by Gasteiger charge is -2.30. The van der Waals surface area contributed by atoms with Crippen LogP contribution in [0.5, 0.6) is 5.75 Å². The quantitative estimate of drug-likeness (QED) is 0.743. The zero-order valence-corrected chi connectivity index (χ0v) is 16.8. The lowest BCUT2D eigenvalue weighted by atomic mass is 9.97. The lowest BCUT2D eigenvalue weighted by molar-refractivity contribution is -0.120. The number of amides is 2. The molecular formula is C20H23N3O5S. The predicted octanol–water partition coefficient (Wildman–Crippen LogP) is 1.83. The summed E-state index contributed by atoms with van der Waals surface area (Å²) >= 11 is 0. The van der Waals surface area contributed by atoms with Crippen molar-refractivity contribution in [3.8, 4) is 5.75 Å². The van der Waals surface area contributed by atoms with E-state index in [1.807, 2.05) is 0 Å². The van der Waals surface area contributed by atoms with Crippen LogP contribution in [-0.2, 0) is 14.8 Å². The first-order valence-corrected chi connectivity index (χ1v) is 10.6. The summed E-state index contributed by atoms with van der Waals surface area (Å²) in [5.74, 6) is -0.643. The van der Waals surface area contributed by atoms with Gasteiger partial charge in [0, 0.05) is 19.0 Å². The monoisotopic (exact) mass is 417 g/mol.